The van der Waals surface area contributed by atoms with Gasteiger partial charge < -0.3 is 0 Å². The first-order valence-electron chi connectivity index (χ1n) is 18.6. The van der Waals surface area contributed by atoms with Crippen LogP contribution in [-0.4, -0.2) is 9.97 Å². The van der Waals surface area contributed by atoms with Gasteiger partial charge in [-0.3, -0.25) is 0 Å². The molecule has 0 radical (unpaired) electrons. The number of fused-ring (bicyclic) bond motifs is 3. The minimum Gasteiger partial charge on any atom is -0.228 e. The molecule has 258 valence electrons. The molecule has 10 rings (SSSR count). The van der Waals surface area contributed by atoms with Crippen LogP contribution < -0.4 is 0 Å². The van der Waals surface area contributed by atoms with Crippen molar-refractivity contribution in [2.24, 2.45) is 0 Å². The van der Waals surface area contributed by atoms with Crippen LogP contribution in [0.25, 0.3) is 98.6 Å². The smallest absolute Gasteiger partial charge is 0.160 e. The lowest BCUT2D eigenvalue weighted by Gasteiger charge is -2.15. The summed E-state index contributed by atoms with van der Waals surface area (Å²) in [7, 11) is 0. The van der Waals surface area contributed by atoms with E-state index in [1.807, 2.05) is 29.5 Å². The highest BCUT2D eigenvalue weighted by atomic mass is 32.1. The Morgan fingerprint density at radius 1 is 0.291 bits per heavy atom. The van der Waals surface area contributed by atoms with Crippen molar-refractivity contribution in [1.29, 1.82) is 0 Å². The predicted molar refractivity (Wildman–Crippen MR) is 233 cm³/mol. The third-order valence-electron chi connectivity index (χ3n) is 10.3. The zero-order valence-electron chi connectivity index (χ0n) is 29.9. The number of hydrogen-bond acceptors (Lipinski definition) is 3. The zero-order valence-corrected chi connectivity index (χ0v) is 30.7. The first kappa shape index (κ1) is 32.7. The van der Waals surface area contributed by atoms with Gasteiger partial charge in [0.05, 0.1) is 11.4 Å². The van der Waals surface area contributed by atoms with Crippen molar-refractivity contribution < 1.29 is 0 Å². The Morgan fingerprint density at radius 2 is 0.709 bits per heavy atom. The maximum absolute atomic E-state index is 5.32. The molecule has 55 heavy (non-hydrogen) atoms. The molecule has 8 aromatic carbocycles. The number of nitrogens with zero attached hydrogens (tertiary/aromatic N) is 2. The van der Waals surface area contributed by atoms with Crippen molar-refractivity contribution >= 4 is 31.5 Å². The Kier molecular flexibility index (Phi) is 8.40. The number of benzene rings is 8. The van der Waals surface area contributed by atoms with E-state index in [4.69, 9.17) is 9.97 Å². The quantitative estimate of drug-likeness (QED) is 0.164. The van der Waals surface area contributed by atoms with Crippen LogP contribution in [0.5, 0.6) is 0 Å². The molecule has 2 heterocycles. The summed E-state index contributed by atoms with van der Waals surface area (Å²) >= 11 is 1.86. The lowest BCUT2D eigenvalue weighted by Crippen LogP contribution is -1.97. The van der Waals surface area contributed by atoms with E-state index in [9.17, 15) is 0 Å². The largest absolute Gasteiger partial charge is 0.228 e. The standard InChI is InChI=1S/C52H34N2S/c1-5-16-35(17-6-1)39-28-40(36-18-7-2-8-19-36)31-43(30-39)48-34-49(54-52(53-48)38-22-11-4-12-23-38)44-32-41(37-20-9-3-10-21-37)29-42(33-44)45-25-15-26-47-46-24-13-14-27-50(46)55-51(45)47/h1-34H. The van der Waals surface area contributed by atoms with Gasteiger partial charge in [-0.05, 0) is 93.0 Å². The second-order valence-corrected chi connectivity index (χ2v) is 14.9. The number of hydrogen-bond donors (Lipinski definition) is 0. The predicted octanol–water partition coefficient (Wildman–Crippen LogP) is 14.5. The SMILES string of the molecule is c1ccc(-c2cc(-c3ccccc3)cc(-c3cc(-c4cc(-c5ccccc5)cc(-c5cccc6c5sc5ccccc56)c4)nc(-c4ccccc4)n3)c2)cc1. The lowest BCUT2D eigenvalue weighted by molar-refractivity contribution is 1.18. The fourth-order valence-corrected chi connectivity index (χ4v) is 8.77. The third-order valence-corrected chi connectivity index (χ3v) is 11.5. The maximum Gasteiger partial charge on any atom is 0.160 e. The molecule has 0 saturated heterocycles. The van der Waals surface area contributed by atoms with E-state index in [1.165, 1.54) is 25.7 Å². The van der Waals surface area contributed by atoms with Gasteiger partial charge in [0, 0.05) is 36.9 Å². The highest BCUT2D eigenvalue weighted by Crippen LogP contribution is 2.42. The second kappa shape index (κ2) is 14.1. The third kappa shape index (κ3) is 6.41. The summed E-state index contributed by atoms with van der Waals surface area (Å²) < 4.78 is 2.59. The monoisotopic (exact) mass is 718 g/mol. The molecule has 0 aliphatic carbocycles. The van der Waals surface area contributed by atoms with Crippen molar-refractivity contribution in [3.05, 3.63) is 206 Å². The van der Waals surface area contributed by atoms with Crippen molar-refractivity contribution in [3.8, 4) is 78.4 Å². The normalized spacial score (nSPS) is 11.3. The van der Waals surface area contributed by atoms with Crippen LogP contribution in [0.2, 0.25) is 0 Å². The topological polar surface area (TPSA) is 25.8 Å². The summed E-state index contributed by atoms with van der Waals surface area (Å²) in [6, 6.07) is 73.4. The minimum absolute atomic E-state index is 0.692. The van der Waals surface area contributed by atoms with Gasteiger partial charge >= 0.3 is 0 Å². The molecule has 0 N–H and O–H groups in total. The molecule has 0 spiro atoms. The Labute approximate surface area is 324 Å². The fraction of sp³-hybridized carbons (Fsp3) is 0. The van der Waals surface area contributed by atoms with E-state index in [0.717, 1.165) is 67.0 Å². The molecule has 2 nitrogen and oxygen atoms in total. The van der Waals surface area contributed by atoms with Gasteiger partial charge in [0.15, 0.2) is 5.82 Å². The molecule has 0 saturated carbocycles. The van der Waals surface area contributed by atoms with Gasteiger partial charge in [0.1, 0.15) is 0 Å². The second-order valence-electron chi connectivity index (χ2n) is 13.8. The van der Waals surface area contributed by atoms with Gasteiger partial charge in [-0.15, -0.1) is 11.3 Å². The van der Waals surface area contributed by atoms with E-state index in [0.29, 0.717) is 5.82 Å². The summed E-state index contributed by atoms with van der Waals surface area (Å²) in [6.07, 6.45) is 0. The van der Waals surface area contributed by atoms with Crippen molar-refractivity contribution in [2.75, 3.05) is 0 Å². The molecular weight excluding hydrogens is 685 g/mol. The van der Waals surface area contributed by atoms with Gasteiger partial charge in [-0.2, -0.15) is 0 Å². The maximum atomic E-state index is 5.32. The summed E-state index contributed by atoms with van der Waals surface area (Å²) in [5.41, 5.74) is 14.1. The first-order chi connectivity index (χ1) is 27.2. The fourth-order valence-electron chi connectivity index (χ4n) is 7.53. The zero-order chi connectivity index (χ0) is 36.6. The highest BCUT2D eigenvalue weighted by molar-refractivity contribution is 7.26. The molecule has 0 aliphatic heterocycles. The van der Waals surface area contributed by atoms with Crippen molar-refractivity contribution in [3.63, 3.8) is 0 Å². The van der Waals surface area contributed by atoms with Gasteiger partial charge in [-0.25, -0.2) is 9.97 Å². The molecule has 0 aliphatic rings. The van der Waals surface area contributed by atoms with E-state index in [2.05, 4.69) is 188 Å². The van der Waals surface area contributed by atoms with Crippen LogP contribution in [0.4, 0.5) is 0 Å². The number of rotatable bonds is 7. The molecule has 10 aromatic rings. The van der Waals surface area contributed by atoms with Crippen LogP contribution in [-0.2, 0) is 0 Å². The van der Waals surface area contributed by atoms with Crippen LogP contribution in [0.15, 0.2) is 206 Å². The van der Waals surface area contributed by atoms with Crippen LogP contribution in [0, 0.1) is 0 Å². The average Bonchev–Trinajstić information content (AvgIpc) is 3.66. The summed E-state index contributed by atoms with van der Waals surface area (Å²) in [5, 5.41) is 2.58. The first-order valence-corrected chi connectivity index (χ1v) is 19.4. The molecular formula is C52H34N2S. The highest BCUT2D eigenvalue weighted by Gasteiger charge is 2.17. The van der Waals surface area contributed by atoms with E-state index < -0.39 is 0 Å². The number of aromatic nitrogens is 2. The molecule has 0 bridgehead atoms. The van der Waals surface area contributed by atoms with Gasteiger partial charge in [0.25, 0.3) is 0 Å². The summed E-state index contributed by atoms with van der Waals surface area (Å²) in [6.45, 7) is 0. The molecule has 0 fully saturated rings. The van der Waals surface area contributed by atoms with E-state index in [1.54, 1.807) is 0 Å². The van der Waals surface area contributed by atoms with Crippen molar-refractivity contribution in [2.45, 2.75) is 0 Å². The van der Waals surface area contributed by atoms with E-state index in [-0.39, 0.29) is 0 Å². The molecule has 2 aromatic heterocycles. The summed E-state index contributed by atoms with van der Waals surface area (Å²) in [4.78, 5) is 10.6. The molecule has 3 heteroatoms. The van der Waals surface area contributed by atoms with E-state index >= 15 is 0 Å². The lowest BCUT2D eigenvalue weighted by atomic mass is 9.93. The summed E-state index contributed by atoms with van der Waals surface area (Å²) in [5.74, 6) is 0.692. The average molecular weight is 719 g/mol. The van der Waals surface area contributed by atoms with Gasteiger partial charge in [0.2, 0.25) is 0 Å². The molecule has 0 unspecified atom stereocenters. The van der Waals surface area contributed by atoms with Crippen molar-refractivity contribution in [1.82, 2.24) is 9.97 Å². The Balaban J connectivity index is 1.21. The van der Waals surface area contributed by atoms with Gasteiger partial charge in [-0.1, -0.05) is 158 Å². The molecule has 0 amide bonds. The van der Waals surface area contributed by atoms with Crippen LogP contribution in [0.1, 0.15) is 0 Å². The minimum atomic E-state index is 0.692. The Bertz CT molecular complexity index is 2900. The Morgan fingerprint density at radius 3 is 1.25 bits per heavy atom. The Hall–Kier alpha value is -6.94. The number of thiophene rings is 1. The van der Waals surface area contributed by atoms with Crippen LogP contribution >= 0.6 is 11.3 Å². The van der Waals surface area contributed by atoms with Crippen LogP contribution in [0.3, 0.4) is 0 Å². The molecule has 0 atom stereocenters.